The van der Waals surface area contributed by atoms with Gasteiger partial charge < -0.3 is 5.32 Å². The van der Waals surface area contributed by atoms with Crippen molar-refractivity contribution >= 4 is 49.2 Å². The number of fused-ring (bicyclic) bond motifs is 1. The predicted molar refractivity (Wildman–Crippen MR) is 59.5 cm³/mol. The van der Waals surface area contributed by atoms with Gasteiger partial charge >= 0.3 is 0 Å². The number of rotatable bonds is 0. The van der Waals surface area contributed by atoms with E-state index >= 15 is 0 Å². The monoisotopic (exact) mass is 335 g/mol. The van der Waals surface area contributed by atoms with Crippen LogP contribution in [0.3, 0.4) is 0 Å². The molecule has 0 fully saturated rings. The summed E-state index contributed by atoms with van der Waals surface area (Å²) in [5.41, 5.74) is 0.938. The molecule has 0 radical (unpaired) electrons. The molecule has 0 bridgehead atoms. The molecule has 1 aromatic rings. The van der Waals surface area contributed by atoms with Crippen LogP contribution in [0.25, 0.3) is 0 Å². The number of nitrogens with one attached hydrogen (secondary N) is 1. The van der Waals surface area contributed by atoms with Crippen molar-refractivity contribution in [2.45, 2.75) is 6.92 Å². The van der Waals surface area contributed by atoms with Crippen LogP contribution in [0.2, 0.25) is 0 Å². The normalized spacial score (nSPS) is 14.1. The first-order chi connectivity index (χ1) is 6.95. The zero-order valence-electron chi connectivity index (χ0n) is 7.45. The lowest BCUT2D eigenvalue weighted by Crippen LogP contribution is -2.12. The minimum absolute atomic E-state index is 0.0123. The number of ketones is 1. The van der Waals surface area contributed by atoms with Crippen molar-refractivity contribution in [3.05, 3.63) is 25.9 Å². The molecule has 1 N–H and O–H groups in total. The average molecular weight is 337 g/mol. The highest BCUT2D eigenvalue weighted by Gasteiger charge is 2.34. The SMILES string of the molecule is Cc1c(Br)c(F)c(Br)c2c1NC(=O)C2=O. The van der Waals surface area contributed by atoms with E-state index in [0.717, 1.165) is 0 Å². The van der Waals surface area contributed by atoms with Crippen LogP contribution < -0.4 is 5.32 Å². The van der Waals surface area contributed by atoms with Crippen LogP contribution in [0.1, 0.15) is 15.9 Å². The van der Waals surface area contributed by atoms with Crippen LogP contribution in [-0.4, -0.2) is 11.7 Å². The Morgan fingerprint density at radius 1 is 1.20 bits per heavy atom. The van der Waals surface area contributed by atoms with Crippen LogP contribution in [0, 0.1) is 12.7 Å². The number of carbonyl (C=O) groups is 2. The number of anilines is 1. The van der Waals surface area contributed by atoms with Crippen molar-refractivity contribution in [2.24, 2.45) is 0 Å². The van der Waals surface area contributed by atoms with Crippen LogP contribution in [0.4, 0.5) is 10.1 Å². The van der Waals surface area contributed by atoms with Gasteiger partial charge in [-0.25, -0.2) is 4.39 Å². The molecule has 1 aromatic carbocycles. The Balaban J connectivity index is 2.86. The first-order valence-electron chi connectivity index (χ1n) is 3.98. The molecule has 0 aliphatic carbocycles. The van der Waals surface area contributed by atoms with Crippen LogP contribution >= 0.6 is 31.9 Å². The number of Topliss-reactive ketones (excluding diaryl/α,β-unsaturated/α-hetero) is 1. The highest BCUT2D eigenvalue weighted by Crippen LogP contribution is 2.40. The minimum atomic E-state index is -0.730. The summed E-state index contributed by atoms with van der Waals surface area (Å²) in [7, 11) is 0. The molecule has 15 heavy (non-hydrogen) atoms. The molecule has 6 heteroatoms. The fraction of sp³-hybridized carbons (Fsp3) is 0.111. The van der Waals surface area contributed by atoms with Gasteiger partial charge in [-0.2, -0.15) is 0 Å². The molecule has 0 saturated heterocycles. The van der Waals surface area contributed by atoms with Crippen LogP contribution in [0.15, 0.2) is 8.95 Å². The van der Waals surface area contributed by atoms with Crippen molar-refractivity contribution in [3.8, 4) is 0 Å². The van der Waals surface area contributed by atoms with Gasteiger partial charge in [-0.3, -0.25) is 9.59 Å². The van der Waals surface area contributed by atoms with Gasteiger partial charge in [-0.1, -0.05) is 0 Å². The molecule has 1 aliphatic rings. The van der Waals surface area contributed by atoms with Gasteiger partial charge in [0.15, 0.2) is 5.82 Å². The van der Waals surface area contributed by atoms with E-state index in [2.05, 4.69) is 37.2 Å². The largest absolute Gasteiger partial charge is 0.318 e. The van der Waals surface area contributed by atoms with Crippen molar-refractivity contribution in [3.63, 3.8) is 0 Å². The van der Waals surface area contributed by atoms with Crippen molar-refractivity contribution in [1.29, 1.82) is 0 Å². The van der Waals surface area contributed by atoms with Crippen molar-refractivity contribution in [2.75, 3.05) is 5.32 Å². The summed E-state index contributed by atoms with van der Waals surface area (Å²) in [6, 6.07) is 0. The Hall–Kier alpha value is -0.750. The fourth-order valence-electron chi connectivity index (χ4n) is 1.43. The van der Waals surface area contributed by atoms with Crippen molar-refractivity contribution in [1.82, 2.24) is 0 Å². The Bertz CT molecular complexity index is 514. The maximum absolute atomic E-state index is 13.6. The summed E-state index contributed by atoms with van der Waals surface area (Å²) in [6.45, 7) is 1.62. The molecular weight excluding hydrogens is 333 g/mol. The Labute approximate surface area is 101 Å². The maximum Gasteiger partial charge on any atom is 0.296 e. The number of carbonyl (C=O) groups excluding carboxylic acids is 2. The smallest absolute Gasteiger partial charge is 0.296 e. The average Bonchev–Trinajstić information content (AvgIpc) is 2.50. The number of halogens is 3. The molecule has 0 aromatic heterocycles. The van der Waals surface area contributed by atoms with E-state index in [1.165, 1.54) is 0 Å². The van der Waals surface area contributed by atoms with Gasteiger partial charge in [0, 0.05) is 0 Å². The van der Waals surface area contributed by atoms with E-state index < -0.39 is 17.5 Å². The van der Waals surface area contributed by atoms with E-state index in [0.29, 0.717) is 11.3 Å². The lowest BCUT2D eigenvalue weighted by atomic mass is 10.1. The molecule has 3 nitrogen and oxygen atoms in total. The summed E-state index contributed by atoms with van der Waals surface area (Å²) in [6.07, 6.45) is 0. The molecule has 0 atom stereocenters. The van der Waals surface area contributed by atoms with Gasteiger partial charge in [0.05, 0.1) is 20.2 Å². The highest BCUT2D eigenvalue weighted by atomic mass is 79.9. The minimum Gasteiger partial charge on any atom is -0.318 e. The third kappa shape index (κ3) is 1.35. The Morgan fingerprint density at radius 2 is 1.80 bits per heavy atom. The summed E-state index contributed by atoms with van der Waals surface area (Å²) >= 11 is 6.02. The number of hydrogen-bond donors (Lipinski definition) is 1. The third-order valence-corrected chi connectivity index (χ3v) is 3.92. The molecule has 0 unspecified atom stereocenters. The molecule has 1 amide bonds. The van der Waals surface area contributed by atoms with Gasteiger partial charge in [-0.05, 0) is 44.3 Å². The summed E-state index contributed by atoms with van der Waals surface area (Å²) in [4.78, 5) is 22.5. The Morgan fingerprint density at radius 3 is 2.40 bits per heavy atom. The quantitative estimate of drug-likeness (QED) is 0.585. The van der Waals surface area contributed by atoms with Gasteiger partial charge in [0.1, 0.15) is 0 Å². The second kappa shape index (κ2) is 3.38. The zero-order chi connectivity index (χ0) is 11.3. The van der Waals surface area contributed by atoms with Gasteiger partial charge in [-0.15, -0.1) is 0 Å². The zero-order valence-corrected chi connectivity index (χ0v) is 10.6. The second-order valence-corrected chi connectivity index (χ2v) is 4.69. The van der Waals surface area contributed by atoms with E-state index in [4.69, 9.17) is 0 Å². The standard InChI is InChI=1S/C9H4Br2FNO2/c1-2-4(10)6(12)5(11)3-7(2)13-9(15)8(3)14/h1H3,(H,13,14,15). The summed E-state index contributed by atoms with van der Waals surface area (Å²) in [5.74, 6) is -2.02. The van der Waals surface area contributed by atoms with E-state index in [-0.39, 0.29) is 14.5 Å². The number of benzene rings is 1. The molecule has 0 spiro atoms. The first-order valence-corrected chi connectivity index (χ1v) is 5.56. The first kappa shape index (κ1) is 10.8. The van der Waals surface area contributed by atoms with E-state index in [9.17, 15) is 14.0 Å². The molecule has 0 saturated carbocycles. The molecule has 1 heterocycles. The van der Waals surface area contributed by atoms with Crippen LogP contribution in [0.5, 0.6) is 0 Å². The van der Waals surface area contributed by atoms with E-state index in [1.807, 2.05) is 0 Å². The molecule has 78 valence electrons. The number of amides is 1. The number of hydrogen-bond acceptors (Lipinski definition) is 2. The second-order valence-electron chi connectivity index (χ2n) is 3.10. The molecule has 2 rings (SSSR count). The summed E-state index contributed by atoms with van der Waals surface area (Å²) < 4.78 is 13.8. The summed E-state index contributed by atoms with van der Waals surface area (Å²) in [5, 5.41) is 2.41. The van der Waals surface area contributed by atoms with Crippen molar-refractivity contribution < 1.29 is 14.0 Å². The lowest BCUT2D eigenvalue weighted by molar-refractivity contribution is -0.112. The lowest BCUT2D eigenvalue weighted by Gasteiger charge is -2.08. The third-order valence-electron chi connectivity index (χ3n) is 2.23. The fourth-order valence-corrected chi connectivity index (χ4v) is 2.67. The topological polar surface area (TPSA) is 46.2 Å². The maximum atomic E-state index is 13.6. The molecular formula is C9H4Br2FNO2. The van der Waals surface area contributed by atoms with Gasteiger partial charge in [0.2, 0.25) is 0 Å². The Kier molecular flexibility index (Phi) is 2.42. The van der Waals surface area contributed by atoms with Gasteiger partial charge in [0.25, 0.3) is 11.7 Å². The van der Waals surface area contributed by atoms with Crippen LogP contribution in [-0.2, 0) is 4.79 Å². The molecule has 1 aliphatic heterocycles. The predicted octanol–water partition coefficient (Wildman–Crippen LogP) is 2.79. The highest BCUT2D eigenvalue weighted by molar-refractivity contribution is 9.11. The van der Waals surface area contributed by atoms with E-state index in [1.54, 1.807) is 6.92 Å².